The van der Waals surface area contributed by atoms with Crippen LogP contribution in [0.4, 0.5) is 5.69 Å². The maximum atomic E-state index is 11.9. The summed E-state index contributed by atoms with van der Waals surface area (Å²) in [4.78, 5) is 4.29. The van der Waals surface area contributed by atoms with Crippen LogP contribution in [0.25, 0.3) is 10.9 Å². The summed E-state index contributed by atoms with van der Waals surface area (Å²) in [6.07, 6.45) is 10.5. The normalized spacial score (nSPS) is 12.5. The van der Waals surface area contributed by atoms with E-state index in [1.165, 1.54) is 6.08 Å². The first-order valence-electron chi connectivity index (χ1n) is 7.78. The van der Waals surface area contributed by atoms with Crippen molar-refractivity contribution < 1.29 is 14.1 Å². The Morgan fingerprint density at radius 1 is 1.40 bits per heavy atom. The van der Waals surface area contributed by atoms with E-state index in [0.717, 1.165) is 17.3 Å². The number of aliphatic hydroxyl groups is 1. The Kier molecular flexibility index (Phi) is 5.98. The first-order valence-corrected chi connectivity index (χ1v) is 10.1. The Labute approximate surface area is 148 Å². The molecule has 1 heterocycles. The lowest BCUT2D eigenvalue weighted by molar-refractivity contribution is 0.413. The first kappa shape index (κ1) is 18.7. The summed E-state index contributed by atoms with van der Waals surface area (Å²) >= 11 is 0. The minimum atomic E-state index is -2.26. The topological polar surface area (TPSA) is 71.8 Å². The number of nitrogens with zero attached hydrogens (tertiary/aromatic N) is 2. The number of pyridine rings is 1. The Hall–Kier alpha value is -2.60. The maximum absolute atomic E-state index is 11.9. The standard InChI is InChI=1S/C19H22N2O3S/c1-5-6-7-16(22)12-14(2)24-19-10-11-20-18-9-8-15(13-17(18)19)21-25(3,4)23/h6-13,22H,2,5H2,1,3-4H3/b7-6-,16-12+. The lowest BCUT2D eigenvalue weighted by atomic mass is 10.2. The van der Waals surface area contributed by atoms with Crippen LogP contribution in [0.15, 0.2) is 71.2 Å². The molecular formula is C19H22N2O3S. The Bertz CT molecular complexity index is 960. The van der Waals surface area contributed by atoms with Crippen LogP contribution in [0.2, 0.25) is 0 Å². The molecule has 0 aliphatic heterocycles. The van der Waals surface area contributed by atoms with Crippen LogP contribution in [-0.2, 0) is 9.73 Å². The average Bonchev–Trinajstić information content (AvgIpc) is 2.52. The van der Waals surface area contributed by atoms with Crippen LogP contribution in [0, 0.1) is 0 Å². The van der Waals surface area contributed by atoms with E-state index in [2.05, 4.69) is 15.9 Å². The third kappa shape index (κ3) is 5.76. The number of hydrogen-bond acceptors (Lipinski definition) is 5. The molecule has 0 aliphatic rings. The third-order valence-corrected chi connectivity index (χ3v) is 3.74. The second-order valence-corrected chi connectivity index (χ2v) is 8.28. The number of aromatic nitrogens is 1. The maximum Gasteiger partial charge on any atom is 0.138 e. The zero-order chi connectivity index (χ0) is 18.4. The van der Waals surface area contributed by atoms with Crippen LogP contribution < -0.4 is 4.74 Å². The van der Waals surface area contributed by atoms with Gasteiger partial charge in [0, 0.05) is 39.9 Å². The van der Waals surface area contributed by atoms with E-state index in [4.69, 9.17) is 4.74 Å². The summed E-state index contributed by atoms with van der Waals surface area (Å²) in [5, 5.41) is 10.5. The summed E-state index contributed by atoms with van der Waals surface area (Å²) < 4.78 is 21.8. The molecule has 0 unspecified atom stereocenters. The molecule has 1 aromatic carbocycles. The van der Waals surface area contributed by atoms with Crippen LogP contribution in [0.3, 0.4) is 0 Å². The fourth-order valence-corrected chi connectivity index (χ4v) is 2.75. The Morgan fingerprint density at radius 2 is 2.16 bits per heavy atom. The lowest BCUT2D eigenvalue weighted by Crippen LogP contribution is -1.94. The number of hydrogen-bond donors (Lipinski definition) is 1. The molecule has 0 amide bonds. The molecule has 0 saturated carbocycles. The van der Waals surface area contributed by atoms with Gasteiger partial charge in [-0.2, -0.15) is 4.36 Å². The van der Waals surface area contributed by atoms with Crippen LogP contribution in [-0.4, -0.2) is 26.8 Å². The molecule has 0 aliphatic carbocycles. The van der Waals surface area contributed by atoms with Crippen molar-refractivity contribution in [3.05, 3.63) is 66.8 Å². The number of allylic oxidation sites excluding steroid dienone is 3. The van der Waals surface area contributed by atoms with E-state index in [-0.39, 0.29) is 5.76 Å². The summed E-state index contributed by atoms with van der Waals surface area (Å²) in [7, 11) is -2.26. The second-order valence-electron chi connectivity index (χ2n) is 5.73. The number of ether oxygens (including phenoxy) is 1. The van der Waals surface area contributed by atoms with Gasteiger partial charge in [-0.05, 0) is 36.8 Å². The van der Waals surface area contributed by atoms with E-state index in [9.17, 15) is 9.32 Å². The fraction of sp³-hybridized carbons (Fsp3) is 0.211. The largest absolute Gasteiger partial charge is 0.508 e. The van der Waals surface area contributed by atoms with Gasteiger partial charge in [0.25, 0.3) is 0 Å². The van der Waals surface area contributed by atoms with Gasteiger partial charge >= 0.3 is 0 Å². The highest BCUT2D eigenvalue weighted by Gasteiger charge is 2.06. The highest BCUT2D eigenvalue weighted by molar-refractivity contribution is 7.92. The SMILES string of the molecule is C=C(/C=C(O)\C=C/CC)Oc1ccnc2ccc(N=S(C)(C)=O)cc12. The van der Waals surface area contributed by atoms with Crippen molar-refractivity contribution in [1.29, 1.82) is 0 Å². The van der Waals surface area contributed by atoms with Crippen molar-refractivity contribution in [2.45, 2.75) is 13.3 Å². The molecule has 1 N–H and O–H groups in total. The molecule has 132 valence electrons. The van der Waals surface area contributed by atoms with Gasteiger partial charge in [0.2, 0.25) is 0 Å². The van der Waals surface area contributed by atoms with Gasteiger partial charge < -0.3 is 9.84 Å². The van der Waals surface area contributed by atoms with E-state index >= 15 is 0 Å². The van der Waals surface area contributed by atoms with E-state index in [0.29, 0.717) is 17.2 Å². The minimum Gasteiger partial charge on any atom is -0.508 e. The minimum absolute atomic E-state index is 0.0672. The molecule has 0 radical (unpaired) electrons. The summed E-state index contributed by atoms with van der Waals surface area (Å²) in [6.45, 7) is 5.78. The molecule has 0 spiro atoms. The number of rotatable bonds is 6. The number of aliphatic hydroxyl groups excluding tert-OH is 1. The average molecular weight is 358 g/mol. The molecule has 0 saturated heterocycles. The van der Waals surface area contributed by atoms with Crippen molar-refractivity contribution >= 4 is 26.3 Å². The smallest absolute Gasteiger partial charge is 0.138 e. The van der Waals surface area contributed by atoms with E-state index in [1.807, 2.05) is 13.0 Å². The molecule has 1 aromatic heterocycles. The van der Waals surface area contributed by atoms with Crippen LogP contribution in [0.1, 0.15) is 13.3 Å². The number of fused-ring (bicyclic) bond motifs is 1. The monoisotopic (exact) mass is 358 g/mol. The zero-order valence-corrected chi connectivity index (χ0v) is 15.4. The summed E-state index contributed by atoms with van der Waals surface area (Å²) in [5.41, 5.74) is 1.32. The quantitative estimate of drug-likeness (QED) is 0.589. The summed E-state index contributed by atoms with van der Waals surface area (Å²) in [5.74, 6) is 0.898. The predicted molar refractivity (Wildman–Crippen MR) is 104 cm³/mol. The molecular weight excluding hydrogens is 336 g/mol. The van der Waals surface area contributed by atoms with Crippen molar-refractivity contribution in [1.82, 2.24) is 4.98 Å². The molecule has 2 rings (SSSR count). The molecule has 0 fully saturated rings. The first-order chi connectivity index (χ1) is 11.8. The van der Waals surface area contributed by atoms with Crippen molar-refractivity contribution in [3.63, 3.8) is 0 Å². The highest BCUT2D eigenvalue weighted by atomic mass is 32.2. The van der Waals surface area contributed by atoms with Crippen LogP contribution >= 0.6 is 0 Å². The Balaban J connectivity index is 2.38. The van der Waals surface area contributed by atoms with Crippen LogP contribution in [0.5, 0.6) is 5.75 Å². The van der Waals surface area contributed by atoms with Gasteiger partial charge in [-0.3, -0.25) is 4.98 Å². The van der Waals surface area contributed by atoms with Gasteiger partial charge in [0.15, 0.2) is 0 Å². The van der Waals surface area contributed by atoms with Gasteiger partial charge in [-0.1, -0.05) is 19.6 Å². The lowest BCUT2D eigenvalue weighted by Gasteiger charge is -2.09. The number of benzene rings is 1. The van der Waals surface area contributed by atoms with Gasteiger partial charge in [0.05, 0.1) is 11.2 Å². The van der Waals surface area contributed by atoms with E-state index < -0.39 is 9.73 Å². The Morgan fingerprint density at radius 3 is 2.84 bits per heavy atom. The molecule has 2 aromatic rings. The van der Waals surface area contributed by atoms with Crippen molar-refractivity contribution in [2.75, 3.05) is 12.5 Å². The van der Waals surface area contributed by atoms with Crippen molar-refractivity contribution in [2.24, 2.45) is 4.36 Å². The predicted octanol–water partition coefficient (Wildman–Crippen LogP) is 4.89. The third-order valence-electron chi connectivity index (χ3n) is 3.08. The van der Waals surface area contributed by atoms with Gasteiger partial charge in [-0.15, -0.1) is 0 Å². The molecule has 5 nitrogen and oxygen atoms in total. The van der Waals surface area contributed by atoms with E-state index in [1.54, 1.807) is 49.0 Å². The fourth-order valence-electron chi connectivity index (χ4n) is 2.13. The summed E-state index contributed by atoms with van der Waals surface area (Å²) in [6, 6.07) is 7.05. The van der Waals surface area contributed by atoms with Crippen molar-refractivity contribution in [3.8, 4) is 5.75 Å². The van der Waals surface area contributed by atoms with Gasteiger partial charge in [-0.25, -0.2) is 4.21 Å². The van der Waals surface area contributed by atoms with Gasteiger partial charge in [0.1, 0.15) is 17.3 Å². The second kappa shape index (κ2) is 7.98. The molecule has 25 heavy (non-hydrogen) atoms. The molecule has 0 atom stereocenters. The molecule has 6 heteroatoms. The zero-order valence-electron chi connectivity index (χ0n) is 14.6. The highest BCUT2D eigenvalue weighted by Crippen LogP contribution is 2.29. The molecule has 0 bridgehead atoms.